The Bertz CT molecular complexity index is 710. The average Bonchev–Trinajstić information content (AvgIpc) is 2.44. The molecule has 0 bridgehead atoms. The van der Waals surface area contributed by atoms with E-state index in [1.807, 2.05) is 19.1 Å². The molecule has 5 heteroatoms. The first-order valence-electron chi connectivity index (χ1n) is 7.43. The summed E-state index contributed by atoms with van der Waals surface area (Å²) in [4.78, 5) is 21.9. The molecular weight excluding hydrogens is 266 g/mol. The third-order valence-corrected chi connectivity index (χ3v) is 4.30. The van der Waals surface area contributed by atoms with Crippen LogP contribution in [0.4, 0.5) is 0 Å². The molecule has 5 nitrogen and oxygen atoms in total. The standard InChI is InChI=1S/C16H21N3O2/c1-10-4-3-5-12-15(10)17-14(18-16(12)21)9-19-7-6-13(20)11(2)8-19/h3-5,11,13,20H,6-9H2,1-2H3,(H,17,18,21). The van der Waals surface area contributed by atoms with Crippen molar-refractivity contribution < 1.29 is 5.11 Å². The third-order valence-electron chi connectivity index (χ3n) is 4.30. The average molecular weight is 287 g/mol. The van der Waals surface area contributed by atoms with Gasteiger partial charge in [0, 0.05) is 13.1 Å². The molecule has 2 unspecified atom stereocenters. The molecule has 1 aromatic heterocycles. The lowest BCUT2D eigenvalue weighted by Gasteiger charge is -2.33. The molecule has 3 rings (SSSR count). The van der Waals surface area contributed by atoms with E-state index in [1.165, 1.54) is 0 Å². The molecule has 1 fully saturated rings. The molecule has 2 aromatic rings. The molecule has 0 saturated carbocycles. The Morgan fingerprint density at radius 2 is 2.29 bits per heavy atom. The normalized spacial score (nSPS) is 23.6. The summed E-state index contributed by atoms with van der Waals surface area (Å²) in [5, 5.41) is 10.4. The summed E-state index contributed by atoms with van der Waals surface area (Å²) < 4.78 is 0. The Balaban J connectivity index is 1.88. The van der Waals surface area contributed by atoms with Crippen molar-refractivity contribution >= 4 is 10.9 Å². The molecule has 2 atom stereocenters. The molecule has 2 N–H and O–H groups in total. The summed E-state index contributed by atoms with van der Waals surface area (Å²) in [6.07, 6.45) is 0.560. The van der Waals surface area contributed by atoms with Crippen LogP contribution in [0.5, 0.6) is 0 Å². The van der Waals surface area contributed by atoms with Crippen LogP contribution in [0.3, 0.4) is 0 Å². The second-order valence-corrected chi connectivity index (χ2v) is 6.05. The van der Waals surface area contributed by atoms with E-state index in [9.17, 15) is 9.90 Å². The lowest BCUT2D eigenvalue weighted by molar-refractivity contribution is 0.0311. The van der Waals surface area contributed by atoms with Crippen molar-refractivity contribution in [2.75, 3.05) is 13.1 Å². The number of piperidine rings is 1. The molecular formula is C16H21N3O2. The highest BCUT2D eigenvalue weighted by Gasteiger charge is 2.24. The number of aliphatic hydroxyl groups excluding tert-OH is 1. The van der Waals surface area contributed by atoms with Crippen LogP contribution in [0.15, 0.2) is 23.0 Å². The van der Waals surface area contributed by atoms with Crippen LogP contribution in [-0.4, -0.2) is 39.2 Å². The van der Waals surface area contributed by atoms with Crippen molar-refractivity contribution in [1.82, 2.24) is 14.9 Å². The van der Waals surface area contributed by atoms with Crippen molar-refractivity contribution in [3.63, 3.8) is 0 Å². The van der Waals surface area contributed by atoms with Gasteiger partial charge in [0.25, 0.3) is 5.56 Å². The molecule has 0 amide bonds. The van der Waals surface area contributed by atoms with E-state index in [-0.39, 0.29) is 17.6 Å². The van der Waals surface area contributed by atoms with Gasteiger partial charge in [0.1, 0.15) is 5.82 Å². The van der Waals surface area contributed by atoms with Gasteiger partial charge < -0.3 is 10.1 Å². The fourth-order valence-electron chi connectivity index (χ4n) is 3.00. The zero-order chi connectivity index (χ0) is 15.0. The van der Waals surface area contributed by atoms with Gasteiger partial charge in [-0.2, -0.15) is 0 Å². The highest BCUT2D eigenvalue weighted by Crippen LogP contribution is 2.18. The van der Waals surface area contributed by atoms with E-state index in [1.54, 1.807) is 6.07 Å². The highest BCUT2D eigenvalue weighted by atomic mass is 16.3. The van der Waals surface area contributed by atoms with E-state index < -0.39 is 0 Å². The predicted octanol–water partition coefficient (Wildman–Crippen LogP) is 1.43. The smallest absolute Gasteiger partial charge is 0.258 e. The monoisotopic (exact) mass is 287 g/mol. The minimum atomic E-state index is -0.216. The van der Waals surface area contributed by atoms with E-state index in [0.29, 0.717) is 17.8 Å². The van der Waals surface area contributed by atoms with Crippen LogP contribution in [0.1, 0.15) is 24.7 Å². The van der Waals surface area contributed by atoms with E-state index >= 15 is 0 Å². The Morgan fingerprint density at radius 1 is 1.48 bits per heavy atom. The van der Waals surface area contributed by atoms with Crippen molar-refractivity contribution in [2.45, 2.75) is 32.9 Å². The number of nitrogens with zero attached hydrogens (tertiary/aromatic N) is 2. The first-order chi connectivity index (χ1) is 10.0. The molecule has 1 saturated heterocycles. The summed E-state index contributed by atoms with van der Waals surface area (Å²) in [5.74, 6) is 0.957. The number of hydrogen-bond acceptors (Lipinski definition) is 4. The molecule has 0 spiro atoms. The molecule has 1 aliphatic heterocycles. The third kappa shape index (κ3) is 2.84. The van der Waals surface area contributed by atoms with Gasteiger partial charge in [0.2, 0.25) is 0 Å². The highest BCUT2D eigenvalue weighted by molar-refractivity contribution is 5.80. The Hall–Kier alpha value is -1.72. The number of aliphatic hydroxyl groups is 1. The first kappa shape index (κ1) is 14.2. The number of aromatic nitrogens is 2. The van der Waals surface area contributed by atoms with Gasteiger partial charge in [0.05, 0.1) is 23.6 Å². The lowest BCUT2D eigenvalue weighted by atomic mass is 9.97. The van der Waals surface area contributed by atoms with Gasteiger partial charge in [-0.05, 0) is 30.9 Å². The summed E-state index contributed by atoms with van der Waals surface area (Å²) in [6.45, 7) is 6.31. The number of benzene rings is 1. The minimum absolute atomic E-state index is 0.0798. The second-order valence-electron chi connectivity index (χ2n) is 6.05. The van der Waals surface area contributed by atoms with Crippen molar-refractivity contribution in [2.24, 2.45) is 5.92 Å². The molecule has 1 aliphatic rings. The second kappa shape index (κ2) is 5.58. The number of likely N-dealkylation sites (tertiary alicyclic amines) is 1. The van der Waals surface area contributed by atoms with Crippen LogP contribution < -0.4 is 5.56 Å². The fraction of sp³-hybridized carbons (Fsp3) is 0.500. The largest absolute Gasteiger partial charge is 0.393 e. The number of aryl methyl sites for hydroxylation is 1. The zero-order valence-electron chi connectivity index (χ0n) is 12.5. The maximum atomic E-state index is 12.2. The van der Waals surface area contributed by atoms with Gasteiger partial charge >= 0.3 is 0 Å². The summed E-state index contributed by atoms with van der Waals surface area (Å²) in [7, 11) is 0. The van der Waals surface area contributed by atoms with Gasteiger partial charge in [-0.25, -0.2) is 4.98 Å². The summed E-state index contributed by atoms with van der Waals surface area (Å²) >= 11 is 0. The molecule has 0 radical (unpaired) electrons. The maximum absolute atomic E-state index is 12.2. The van der Waals surface area contributed by atoms with Gasteiger partial charge in [-0.15, -0.1) is 0 Å². The number of H-pyrrole nitrogens is 1. The molecule has 112 valence electrons. The van der Waals surface area contributed by atoms with Gasteiger partial charge in [0.15, 0.2) is 0 Å². The number of para-hydroxylation sites is 1. The SMILES string of the molecule is Cc1cccc2c(=O)[nH]c(CN3CCC(O)C(C)C3)nc12. The number of aromatic amines is 1. The Morgan fingerprint density at radius 3 is 3.05 bits per heavy atom. The molecule has 1 aromatic carbocycles. The van der Waals surface area contributed by atoms with Gasteiger partial charge in [-0.3, -0.25) is 9.69 Å². The molecule has 0 aliphatic carbocycles. The lowest BCUT2D eigenvalue weighted by Crippen LogP contribution is -2.41. The Labute approximate surface area is 123 Å². The van der Waals surface area contributed by atoms with E-state index in [2.05, 4.69) is 21.8 Å². The quantitative estimate of drug-likeness (QED) is 0.877. The predicted molar refractivity (Wildman–Crippen MR) is 82.2 cm³/mol. The number of nitrogens with one attached hydrogen (secondary N) is 1. The first-order valence-corrected chi connectivity index (χ1v) is 7.43. The number of hydrogen-bond donors (Lipinski definition) is 2. The molecule has 2 heterocycles. The van der Waals surface area contributed by atoms with E-state index in [0.717, 1.165) is 30.6 Å². The fourth-order valence-corrected chi connectivity index (χ4v) is 3.00. The van der Waals surface area contributed by atoms with Crippen LogP contribution in [-0.2, 0) is 6.54 Å². The molecule has 21 heavy (non-hydrogen) atoms. The van der Waals surface area contributed by atoms with Crippen molar-refractivity contribution in [3.05, 3.63) is 39.9 Å². The van der Waals surface area contributed by atoms with Crippen LogP contribution in [0, 0.1) is 12.8 Å². The zero-order valence-corrected chi connectivity index (χ0v) is 12.5. The topological polar surface area (TPSA) is 69.2 Å². The minimum Gasteiger partial charge on any atom is -0.393 e. The number of rotatable bonds is 2. The van der Waals surface area contributed by atoms with Crippen LogP contribution >= 0.6 is 0 Å². The van der Waals surface area contributed by atoms with Gasteiger partial charge in [-0.1, -0.05) is 19.1 Å². The maximum Gasteiger partial charge on any atom is 0.258 e. The Kier molecular flexibility index (Phi) is 3.78. The number of fused-ring (bicyclic) bond motifs is 1. The van der Waals surface area contributed by atoms with Crippen LogP contribution in [0.2, 0.25) is 0 Å². The van der Waals surface area contributed by atoms with E-state index in [4.69, 9.17) is 0 Å². The van der Waals surface area contributed by atoms with Crippen molar-refractivity contribution in [1.29, 1.82) is 0 Å². The summed E-state index contributed by atoms with van der Waals surface area (Å²) in [6, 6.07) is 5.65. The van der Waals surface area contributed by atoms with Crippen molar-refractivity contribution in [3.8, 4) is 0 Å². The van der Waals surface area contributed by atoms with Crippen LogP contribution in [0.25, 0.3) is 10.9 Å². The summed E-state index contributed by atoms with van der Waals surface area (Å²) in [5.41, 5.74) is 1.72.